The van der Waals surface area contributed by atoms with E-state index in [0.29, 0.717) is 17.8 Å². The van der Waals surface area contributed by atoms with Gasteiger partial charge in [0.15, 0.2) is 0 Å². The molecule has 21 heavy (non-hydrogen) atoms. The zero-order chi connectivity index (χ0) is 15.2. The minimum absolute atomic E-state index is 0.358. The summed E-state index contributed by atoms with van der Waals surface area (Å²) in [6.07, 6.45) is 0. The molecule has 0 aromatic heterocycles. The fraction of sp³-hybridized carbons (Fsp3) is 0.235. The summed E-state index contributed by atoms with van der Waals surface area (Å²) in [4.78, 5) is 12.3. The SMILES string of the molecule is CCSc1cccc(NCc2cccc(C)c2)c1C(=O)O. The van der Waals surface area contributed by atoms with Crippen LogP contribution in [0.4, 0.5) is 5.69 Å². The van der Waals surface area contributed by atoms with Crippen LogP contribution in [0.5, 0.6) is 0 Å². The Morgan fingerprint density at radius 2 is 2.00 bits per heavy atom. The Hall–Kier alpha value is -1.94. The molecule has 0 radical (unpaired) electrons. The summed E-state index contributed by atoms with van der Waals surface area (Å²) in [6, 6.07) is 13.7. The van der Waals surface area contributed by atoms with Gasteiger partial charge >= 0.3 is 5.97 Å². The molecule has 2 aromatic rings. The molecule has 0 spiro atoms. The van der Waals surface area contributed by atoms with Crippen molar-refractivity contribution in [2.24, 2.45) is 0 Å². The van der Waals surface area contributed by atoms with Crippen LogP contribution in [0.25, 0.3) is 0 Å². The second-order valence-electron chi connectivity index (χ2n) is 4.76. The van der Waals surface area contributed by atoms with Crippen LogP contribution in [0.1, 0.15) is 28.4 Å². The molecule has 0 aliphatic rings. The number of hydrogen-bond acceptors (Lipinski definition) is 3. The molecule has 0 heterocycles. The topological polar surface area (TPSA) is 49.3 Å². The van der Waals surface area contributed by atoms with Gasteiger partial charge in [-0.1, -0.05) is 42.8 Å². The van der Waals surface area contributed by atoms with Gasteiger partial charge in [-0.25, -0.2) is 4.79 Å². The monoisotopic (exact) mass is 301 g/mol. The zero-order valence-electron chi connectivity index (χ0n) is 12.2. The van der Waals surface area contributed by atoms with Crippen molar-refractivity contribution >= 4 is 23.4 Å². The molecule has 0 fully saturated rings. The molecule has 2 aromatic carbocycles. The van der Waals surface area contributed by atoms with Crippen LogP contribution in [0.15, 0.2) is 47.4 Å². The standard InChI is InChI=1S/C17H19NO2S/c1-3-21-15-9-5-8-14(16(15)17(19)20)18-11-13-7-4-6-12(2)10-13/h4-10,18H,3,11H2,1-2H3,(H,19,20). The maximum Gasteiger partial charge on any atom is 0.338 e. The molecule has 0 atom stereocenters. The quantitative estimate of drug-likeness (QED) is 0.776. The van der Waals surface area contributed by atoms with Crippen molar-refractivity contribution in [3.8, 4) is 0 Å². The number of anilines is 1. The minimum atomic E-state index is -0.890. The molecule has 0 aliphatic carbocycles. The first kappa shape index (κ1) is 15.4. The number of carbonyl (C=O) groups is 1. The number of rotatable bonds is 6. The van der Waals surface area contributed by atoms with E-state index in [1.807, 2.05) is 50.2 Å². The van der Waals surface area contributed by atoms with E-state index in [-0.39, 0.29) is 0 Å². The predicted octanol–water partition coefficient (Wildman–Crippen LogP) is 4.42. The second-order valence-corrected chi connectivity index (χ2v) is 6.07. The molecule has 110 valence electrons. The van der Waals surface area contributed by atoms with E-state index in [1.165, 1.54) is 5.56 Å². The highest BCUT2D eigenvalue weighted by molar-refractivity contribution is 7.99. The molecule has 0 saturated carbocycles. The molecule has 0 aliphatic heterocycles. The first-order valence-electron chi connectivity index (χ1n) is 6.90. The number of thioether (sulfide) groups is 1. The van der Waals surface area contributed by atoms with Crippen LogP contribution in [-0.4, -0.2) is 16.8 Å². The number of aryl methyl sites for hydroxylation is 1. The summed E-state index contributed by atoms with van der Waals surface area (Å²) in [5.41, 5.74) is 3.36. The van der Waals surface area contributed by atoms with E-state index in [0.717, 1.165) is 16.2 Å². The Labute approximate surface area is 129 Å². The van der Waals surface area contributed by atoms with Crippen LogP contribution < -0.4 is 5.32 Å². The summed E-state index contributed by atoms with van der Waals surface area (Å²) >= 11 is 1.55. The molecular weight excluding hydrogens is 282 g/mol. The molecule has 0 amide bonds. The molecule has 0 unspecified atom stereocenters. The first-order valence-corrected chi connectivity index (χ1v) is 7.89. The second kappa shape index (κ2) is 7.18. The maximum absolute atomic E-state index is 11.5. The number of nitrogens with one attached hydrogen (secondary N) is 1. The van der Waals surface area contributed by atoms with Gasteiger partial charge in [-0.15, -0.1) is 11.8 Å². The van der Waals surface area contributed by atoms with Gasteiger partial charge < -0.3 is 10.4 Å². The molecule has 2 N–H and O–H groups in total. The molecule has 0 saturated heterocycles. The number of carboxylic acid groups (broad SMARTS) is 1. The maximum atomic E-state index is 11.5. The van der Waals surface area contributed by atoms with E-state index >= 15 is 0 Å². The molecule has 0 bridgehead atoms. The lowest BCUT2D eigenvalue weighted by Crippen LogP contribution is -2.08. The average molecular weight is 301 g/mol. The molecular formula is C17H19NO2S. The fourth-order valence-corrected chi connectivity index (χ4v) is 3.02. The number of benzene rings is 2. The normalized spacial score (nSPS) is 10.4. The summed E-state index contributed by atoms with van der Waals surface area (Å²) < 4.78 is 0. The van der Waals surface area contributed by atoms with Gasteiger partial charge in [-0.05, 0) is 30.4 Å². The van der Waals surface area contributed by atoms with Crippen LogP contribution in [-0.2, 0) is 6.54 Å². The van der Waals surface area contributed by atoms with Gasteiger partial charge in [0.05, 0.1) is 11.3 Å². The minimum Gasteiger partial charge on any atom is -0.478 e. The average Bonchev–Trinajstić information content (AvgIpc) is 2.45. The number of hydrogen-bond donors (Lipinski definition) is 2. The Morgan fingerprint density at radius 1 is 1.24 bits per heavy atom. The fourth-order valence-electron chi connectivity index (χ4n) is 2.19. The largest absolute Gasteiger partial charge is 0.478 e. The molecule has 4 heteroatoms. The third-order valence-corrected chi connectivity index (χ3v) is 4.05. The third kappa shape index (κ3) is 4.02. The lowest BCUT2D eigenvalue weighted by Gasteiger charge is -2.13. The molecule has 2 rings (SSSR count). The summed E-state index contributed by atoms with van der Waals surface area (Å²) in [5.74, 6) is -0.0416. The zero-order valence-corrected chi connectivity index (χ0v) is 13.0. The highest BCUT2D eigenvalue weighted by Gasteiger charge is 2.15. The van der Waals surface area contributed by atoms with Gasteiger partial charge in [-0.2, -0.15) is 0 Å². The van der Waals surface area contributed by atoms with Crippen molar-refractivity contribution in [1.29, 1.82) is 0 Å². The van der Waals surface area contributed by atoms with E-state index in [2.05, 4.69) is 11.4 Å². The van der Waals surface area contributed by atoms with Crippen molar-refractivity contribution in [1.82, 2.24) is 0 Å². The molecule has 3 nitrogen and oxygen atoms in total. The van der Waals surface area contributed by atoms with Crippen molar-refractivity contribution in [2.45, 2.75) is 25.3 Å². The predicted molar refractivity (Wildman–Crippen MR) is 88.3 cm³/mol. The number of aromatic carboxylic acids is 1. The lowest BCUT2D eigenvalue weighted by atomic mass is 10.1. The van der Waals surface area contributed by atoms with E-state index < -0.39 is 5.97 Å². The van der Waals surface area contributed by atoms with Gasteiger partial charge in [0.2, 0.25) is 0 Å². The smallest absolute Gasteiger partial charge is 0.338 e. The van der Waals surface area contributed by atoms with E-state index in [4.69, 9.17) is 0 Å². The van der Waals surface area contributed by atoms with Crippen LogP contribution in [0.2, 0.25) is 0 Å². The van der Waals surface area contributed by atoms with Crippen molar-refractivity contribution in [3.63, 3.8) is 0 Å². The lowest BCUT2D eigenvalue weighted by molar-refractivity contribution is 0.0694. The van der Waals surface area contributed by atoms with Crippen LogP contribution >= 0.6 is 11.8 Å². The Balaban J connectivity index is 2.23. The van der Waals surface area contributed by atoms with Crippen LogP contribution in [0.3, 0.4) is 0 Å². The van der Waals surface area contributed by atoms with E-state index in [9.17, 15) is 9.90 Å². The van der Waals surface area contributed by atoms with Crippen molar-refractivity contribution in [2.75, 3.05) is 11.1 Å². The third-order valence-electron chi connectivity index (χ3n) is 3.11. The summed E-state index contributed by atoms with van der Waals surface area (Å²) in [6.45, 7) is 4.68. The van der Waals surface area contributed by atoms with Crippen LogP contribution in [0, 0.1) is 6.92 Å². The summed E-state index contributed by atoms with van der Waals surface area (Å²) in [5, 5.41) is 12.7. The highest BCUT2D eigenvalue weighted by Crippen LogP contribution is 2.29. The first-order chi connectivity index (χ1) is 10.1. The van der Waals surface area contributed by atoms with Gasteiger partial charge in [0.1, 0.15) is 0 Å². The van der Waals surface area contributed by atoms with Crippen molar-refractivity contribution < 1.29 is 9.90 Å². The number of carboxylic acids is 1. The van der Waals surface area contributed by atoms with Crippen molar-refractivity contribution in [3.05, 3.63) is 59.2 Å². The Kier molecular flexibility index (Phi) is 5.28. The Bertz CT molecular complexity index is 640. The highest BCUT2D eigenvalue weighted by atomic mass is 32.2. The Morgan fingerprint density at radius 3 is 2.67 bits per heavy atom. The van der Waals surface area contributed by atoms with Gasteiger partial charge in [0.25, 0.3) is 0 Å². The van der Waals surface area contributed by atoms with Gasteiger partial charge in [-0.3, -0.25) is 0 Å². The van der Waals surface area contributed by atoms with E-state index in [1.54, 1.807) is 11.8 Å². The van der Waals surface area contributed by atoms with Gasteiger partial charge in [0, 0.05) is 11.4 Å². The summed E-state index contributed by atoms with van der Waals surface area (Å²) in [7, 11) is 0.